The molecule has 6 nitrogen and oxygen atoms in total. The predicted molar refractivity (Wildman–Crippen MR) is 93.9 cm³/mol. The minimum atomic E-state index is -0.0472. The maximum atomic E-state index is 12.1. The molecule has 1 aliphatic heterocycles. The number of aromatic nitrogens is 2. The van der Waals surface area contributed by atoms with Crippen LogP contribution in [0.25, 0.3) is 0 Å². The largest absolute Gasteiger partial charge is 0.381 e. The van der Waals surface area contributed by atoms with E-state index in [4.69, 9.17) is 27.9 Å². The zero-order chi connectivity index (χ0) is 16.9. The van der Waals surface area contributed by atoms with Gasteiger partial charge in [-0.25, -0.2) is 0 Å². The smallest absolute Gasteiger partial charge is 0.228 e. The molecule has 2 aromatic rings. The van der Waals surface area contributed by atoms with Crippen LogP contribution >= 0.6 is 23.2 Å². The van der Waals surface area contributed by atoms with E-state index in [1.165, 1.54) is 0 Å². The topological polar surface area (TPSA) is 76.1 Å². The number of carbonyl (C=O) groups excluding carboxylic acids is 1. The van der Waals surface area contributed by atoms with Gasteiger partial charge in [0.05, 0.1) is 10.7 Å². The lowest BCUT2D eigenvalue weighted by Gasteiger charge is -2.20. The molecule has 24 heavy (non-hydrogen) atoms. The summed E-state index contributed by atoms with van der Waals surface area (Å²) in [5, 5.41) is 14.9. The lowest BCUT2D eigenvalue weighted by Crippen LogP contribution is -2.28. The normalized spacial score (nSPS) is 15.1. The van der Waals surface area contributed by atoms with Crippen molar-refractivity contribution in [3.8, 4) is 0 Å². The van der Waals surface area contributed by atoms with Gasteiger partial charge in [0.1, 0.15) is 0 Å². The number of carbonyl (C=O) groups is 1. The van der Waals surface area contributed by atoms with Crippen molar-refractivity contribution in [2.24, 2.45) is 5.92 Å². The van der Waals surface area contributed by atoms with E-state index < -0.39 is 0 Å². The lowest BCUT2D eigenvalue weighted by atomic mass is 9.99. The first-order chi connectivity index (χ1) is 11.6. The van der Waals surface area contributed by atoms with Crippen LogP contribution in [0.2, 0.25) is 10.0 Å². The van der Waals surface area contributed by atoms with Gasteiger partial charge in [0.2, 0.25) is 5.91 Å². The van der Waals surface area contributed by atoms with Crippen molar-refractivity contribution in [1.82, 2.24) is 10.2 Å². The summed E-state index contributed by atoms with van der Waals surface area (Å²) < 4.78 is 5.25. The van der Waals surface area contributed by atoms with Gasteiger partial charge in [0.15, 0.2) is 11.6 Å². The number of hydrogen-bond acceptors (Lipinski definition) is 5. The number of halogens is 2. The molecule has 0 aliphatic carbocycles. The van der Waals surface area contributed by atoms with Crippen molar-refractivity contribution in [3.05, 3.63) is 40.4 Å². The summed E-state index contributed by atoms with van der Waals surface area (Å²) in [6.07, 6.45) is 1.46. The molecule has 0 spiro atoms. The van der Waals surface area contributed by atoms with Crippen LogP contribution in [-0.4, -0.2) is 29.3 Å². The highest BCUT2D eigenvalue weighted by Crippen LogP contribution is 2.27. The van der Waals surface area contributed by atoms with Crippen LogP contribution in [0.3, 0.4) is 0 Å². The van der Waals surface area contributed by atoms with Crippen molar-refractivity contribution in [3.63, 3.8) is 0 Å². The number of nitrogens with zero attached hydrogens (tertiary/aromatic N) is 2. The van der Waals surface area contributed by atoms with Crippen LogP contribution in [0, 0.1) is 5.92 Å². The molecule has 0 unspecified atom stereocenters. The molecule has 8 heteroatoms. The summed E-state index contributed by atoms with van der Waals surface area (Å²) >= 11 is 12.0. The first-order valence-electron chi connectivity index (χ1n) is 7.56. The molecule has 1 aliphatic rings. The van der Waals surface area contributed by atoms with Crippen LogP contribution in [0.4, 0.5) is 17.3 Å². The van der Waals surface area contributed by atoms with E-state index in [1.807, 2.05) is 0 Å². The number of benzene rings is 1. The Morgan fingerprint density at radius 2 is 1.79 bits per heavy atom. The Hall–Kier alpha value is -1.89. The van der Waals surface area contributed by atoms with E-state index in [0.29, 0.717) is 40.6 Å². The number of amides is 1. The Balaban J connectivity index is 1.61. The number of ether oxygens (including phenoxy) is 1. The molecule has 1 amide bonds. The number of rotatable bonds is 4. The summed E-state index contributed by atoms with van der Waals surface area (Å²) in [6, 6.07) is 8.54. The first kappa shape index (κ1) is 17.0. The van der Waals surface area contributed by atoms with Gasteiger partial charge in [-0.1, -0.05) is 23.2 Å². The fourth-order valence-corrected chi connectivity index (χ4v) is 2.84. The summed E-state index contributed by atoms with van der Waals surface area (Å²) in [4.78, 5) is 12.1. The maximum absolute atomic E-state index is 12.1. The molecule has 0 bridgehead atoms. The third-order valence-electron chi connectivity index (χ3n) is 3.70. The highest BCUT2D eigenvalue weighted by atomic mass is 35.5. The number of hydrogen-bond donors (Lipinski definition) is 2. The van der Waals surface area contributed by atoms with Gasteiger partial charge < -0.3 is 15.4 Å². The number of nitrogens with one attached hydrogen (secondary N) is 2. The fraction of sp³-hybridized carbons (Fsp3) is 0.312. The second-order valence-electron chi connectivity index (χ2n) is 5.43. The molecule has 2 heterocycles. The lowest BCUT2D eigenvalue weighted by molar-refractivity contribution is -0.122. The van der Waals surface area contributed by atoms with Gasteiger partial charge in [0, 0.05) is 24.2 Å². The Labute approximate surface area is 149 Å². The maximum Gasteiger partial charge on any atom is 0.228 e. The summed E-state index contributed by atoms with van der Waals surface area (Å²) in [5.41, 5.74) is 0.675. The number of anilines is 3. The first-order valence-corrected chi connectivity index (χ1v) is 8.32. The second-order valence-corrected chi connectivity index (χ2v) is 6.27. The molecule has 3 rings (SSSR count). The second kappa shape index (κ2) is 7.79. The summed E-state index contributed by atoms with van der Waals surface area (Å²) in [5.74, 6) is 0.850. The van der Waals surface area contributed by atoms with Crippen LogP contribution in [0.15, 0.2) is 30.3 Å². The molecule has 1 aromatic carbocycles. The molecule has 1 saturated heterocycles. The molecular formula is C16H16Cl2N4O2. The minimum absolute atomic E-state index is 0.0359. The molecule has 0 atom stereocenters. The van der Waals surface area contributed by atoms with Crippen LogP contribution in [0.1, 0.15) is 12.8 Å². The molecule has 0 saturated carbocycles. The van der Waals surface area contributed by atoms with E-state index in [1.54, 1.807) is 30.3 Å². The van der Waals surface area contributed by atoms with Crippen LogP contribution < -0.4 is 10.6 Å². The van der Waals surface area contributed by atoms with Gasteiger partial charge in [0.25, 0.3) is 0 Å². The third kappa shape index (κ3) is 4.35. The Bertz CT molecular complexity index is 719. The van der Waals surface area contributed by atoms with Gasteiger partial charge in [-0.3, -0.25) is 4.79 Å². The van der Waals surface area contributed by atoms with Crippen molar-refractivity contribution in [2.45, 2.75) is 12.8 Å². The standard InChI is InChI=1S/C16H16Cl2N4O2/c17-11-1-2-13(12(18)9-11)19-14-3-4-15(22-21-14)20-16(23)10-5-7-24-8-6-10/h1-4,9-10H,5-8H2,(H,19,21)(H,20,22,23). The quantitative estimate of drug-likeness (QED) is 0.858. The van der Waals surface area contributed by atoms with Crippen molar-refractivity contribution < 1.29 is 9.53 Å². The molecule has 1 aromatic heterocycles. The Morgan fingerprint density at radius 3 is 2.46 bits per heavy atom. The minimum Gasteiger partial charge on any atom is -0.381 e. The van der Waals surface area contributed by atoms with E-state index >= 15 is 0 Å². The van der Waals surface area contributed by atoms with Gasteiger partial charge >= 0.3 is 0 Å². The SMILES string of the molecule is O=C(Nc1ccc(Nc2ccc(Cl)cc2Cl)nn1)C1CCOCC1. The highest BCUT2D eigenvalue weighted by Gasteiger charge is 2.21. The average Bonchev–Trinajstić information content (AvgIpc) is 2.60. The van der Waals surface area contributed by atoms with Crippen molar-refractivity contribution in [1.29, 1.82) is 0 Å². The van der Waals surface area contributed by atoms with Crippen LogP contribution in [0.5, 0.6) is 0 Å². The van der Waals surface area contributed by atoms with E-state index in [0.717, 1.165) is 12.8 Å². The van der Waals surface area contributed by atoms with Gasteiger partial charge in [-0.15, -0.1) is 10.2 Å². The summed E-state index contributed by atoms with van der Waals surface area (Å²) in [7, 11) is 0. The Kier molecular flexibility index (Phi) is 5.50. The third-order valence-corrected chi connectivity index (χ3v) is 4.25. The zero-order valence-corrected chi connectivity index (χ0v) is 14.3. The highest BCUT2D eigenvalue weighted by molar-refractivity contribution is 6.36. The molecule has 126 valence electrons. The molecule has 2 N–H and O–H groups in total. The fourth-order valence-electron chi connectivity index (χ4n) is 2.38. The average molecular weight is 367 g/mol. The zero-order valence-electron chi connectivity index (χ0n) is 12.8. The Morgan fingerprint density at radius 1 is 1.08 bits per heavy atom. The van der Waals surface area contributed by atoms with E-state index in [2.05, 4.69) is 20.8 Å². The van der Waals surface area contributed by atoms with Gasteiger partial charge in [-0.2, -0.15) is 0 Å². The van der Waals surface area contributed by atoms with E-state index in [9.17, 15) is 4.79 Å². The van der Waals surface area contributed by atoms with Crippen molar-refractivity contribution >= 4 is 46.4 Å². The van der Waals surface area contributed by atoms with Crippen LogP contribution in [-0.2, 0) is 9.53 Å². The van der Waals surface area contributed by atoms with Gasteiger partial charge in [-0.05, 0) is 43.2 Å². The molecular weight excluding hydrogens is 351 g/mol. The van der Waals surface area contributed by atoms with Crippen molar-refractivity contribution in [2.75, 3.05) is 23.8 Å². The predicted octanol–water partition coefficient (Wildman–Crippen LogP) is 3.89. The monoisotopic (exact) mass is 366 g/mol. The molecule has 1 fully saturated rings. The molecule has 0 radical (unpaired) electrons. The van der Waals surface area contributed by atoms with E-state index in [-0.39, 0.29) is 11.8 Å². The summed E-state index contributed by atoms with van der Waals surface area (Å²) in [6.45, 7) is 1.24.